The molecular formula is C13H12ClOP. The number of halogens is 1. The van der Waals surface area contributed by atoms with Crippen LogP contribution in [0.3, 0.4) is 0 Å². The van der Waals surface area contributed by atoms with Crippen LogP contribution in [0, 0.1) is 6.92 Å². The van der Waals surface area contributed by atoms with Crippen molar-refractivity contribution in [3.63, 3.8) is 0 Å². The van der Waals surface area contributed by atoms with Gasteiger partial charge in [-0.05, 0) is 30.3 Å². The van der Waals surface area contributed by atoms with Crippen molar-refractivity contribution in [2.24, 2.45) is 0 Å². The first-order valence-corrected chi connectivity index (χ1v) is 7.18. The van der Waals surface area contributed by atoms with Crippen molar-refractivity contribution in [1.29, 1.82) is 0 Å². The molecule has 0 fully saturated rings. The van der Waals surface area contributed by atoms with E-state index in [-0.39, 0.29) is 0 Å². The highest BCUT2D eigenvalue weighted by molar-refractivity contribution is 7.86. The molecule has 0 N–H and O–H groups in total. The predicted octanol–water partition coefficient (Wildman–Crippen LogP) is 4.25. The lowest BCUT2D eigenvalue weighted by Crippen LogP contribution is -1.99. The van der Waals surface area contributed by atoms with Gasteiger partial charge < -0.3 is 4.52 Å². The molecule has 1 atom stereocenters. The second-order valence-electron chi connectivity index (χ2n) is 3.48. The van der Waals surface area contributed by atoms with Crippen LogP contribution >= 0.6 is 18.7 Å². The first-order chi connectivity index (χ1) is 7.75. The zero-order valence-electron chi connectivity index (χ0n) is 8.93. The summed E-state index contributed by atoms with van der Waals surface area (Å²) >= 11 is 6.22. The molecule has 0 aromatic heterocycles. The van der Waals surface area contributed by atoms with Crippen LogP contribution in [0.5, 0.6) is 5.75 Å². The van der Waals surface area contributed by atoms with E-state index in [1.807, 2.05) is 61.5 Å². The Bertz CT molecular complexity index is 441. The summed E-state index contributed by atoms with van der Waals surface area (Å²) < 4.78 is 5.69. The quantitative estimate of drug-likeness (QED) is 0.740. The Morgan fingerprint density at radius 1 is 0.938 bits per heavy atom. The third-order valence-corrected chi connectivity index (χ3v) is 4.03. The topological polar surface area (TPSA) is 9.23 Å². The van der Waals surface area contributed by atoms with Gasteiger partial charge in [0.25, 0.3) is 0 Å². The van der Waals surface area contributed by atoms with Crippen LogP contribution in [0.4, 0.5) is 0 Å². The minimum absolute atomic E-state index is 0.815. The summed E-state index contributed by atoms with van der Waals surface area (Å²) in [5.74, 6) is 0.815. The van der Waals surface area contributed by atoms with Gasteiger partial charge in [-0.1, -0.05) is 48.0 Å². The Labute approximate surface area is 102 Å². The van der Waals surface area contributed by atoms with Gasteiger partial charge in [0.15, 0.2) is 0 Å². The molecule has 0 heterocycles. The fourth-order valence-electron chi connectivity index (χ4n) is 1.29. The molecule has 16 heavy (non-hydrogen) atoms. The van der Waals surface area contributed by atoms with Gasteiger partial charge in [0, 0.05) is 5.30 Å². The van der Waals surface area contributed by atoms with Gasteiger partial charge in [0.05, 0.1) is 0 Å². The van der Waals surface area contributed by atoms with Crippen molar-refractivity contribution < 1.29 is 4.52 Å². The molecule has 0 spiro atoms. The molecule has 0 radical (unpaired) electrons. The van der Waals surface area contributed by atoms with Gasteiger partial charge in [-0.3, -0.25) is 0 Å². The fraction of sp³-hybridized carbons (Fsp3) is 0.0769. The number of benzene rings is 2. The average Bonchev–Trinajstić information content (AvgIpc) is 2.33. The van der Waals surface area contributed by atoms with E-state index in [2.05, 4.69) is 0 Å². The molecule has 0 aliphatic rings. The average molecular weight is 251 g/mol. The molecule has 0 aliphatic carbocycles. The van der Waals surface area contributed by atoms with E-state index in [0.29, 0.717) is 0 Å². The SMILES string of the molecule is Cc1ccc(OP(Cl)c2ccccc2)cc1. The maximum atomic E-state index is 6.22. The van der Waals surface area contributed by atoms with Crippen molar-refractivity contribution in [3.8, 4) is 5.75 Å². The minimum atomic E-state index is -1.09. The van der Waals surface area contributed by atoms with E-state index in [9.17, 15) is 0 Å². The lowest BCUT2D eigenvalue weighted by molar-refractivity contribution is 0.633. The highest BCUT2D eigenvalue weighted by atomic mass is 35.7. The highest BCUT2D eigenvalue weighted by Gasteiger charge is 2.09. The molecule has 3 heteroatoms. The van der Waals surface area contributed by atoms with Crippen LogP contribution in [-0.4, -0.2) is 0 Å². The Morgan fingerprint density at radius 3 is 2.19 bits per heavy atom. The van der Waals surface area contributed by atoms with Gasteiger partial charge in [-0.15, -0.1) is 0 Å². The second-order valence-corrected chi connectivity index (χ2v) is 5.59. The third-order valence-electron chi connectivity index (χ3n) is 2.17. The third kappa shape index (κ3) is 2.98. The smallest absolute Gasteiger partial charge is 0.215 e. The Hall–Kier alpha value is -1.04. The molecule has 1 nitrogen and oxygen atoms in total. The molecular weight excluding hydrogens is 239 g/mol. The molecule has 0 amide bonds. The van der Waals surface area contributed by atoms with Gasteiger partial charge in [0.2, 0.25) is 7.50 Å². The molecule has 2 aromatic carbocycles. The van der Waals surface area contributed by atoms with Crippen molar-refractivity contribution in [1.82, 2.24) is 0 Å². The van der Waals surface area contributed by atoms with Crippen LogP contribution in [0.2, 0.25) is 0 Å². The zero-order chi connectivity index (χ0) is 11.4. The van der Waals surface area contributed by atoms with E-state index < -0.39 is 7.50 Å². The molecule has 0 saturated heterocycles. The van der Waals surface area contributed by atoms with Gasteiger partial charge >= 0.3 is 0 Å². The number of hydrogen-bond donors (Lipinski definition) is 0. The lowest BCUT2D eigenvalue weighted by atomic mass is 10.2. The Kier molecular flexibility index (Phi) is 3.82. The van der Waals surface area contributed by atoms with Gasteiger partial charge in [-0.25, -0.2) is 0 Å². The predicted molar refractivity (Wildman–Crippen MR) is 70.7 cm³/mol. The van der Waals surface area contributed by atoms with Crippen LogP contribution < -0.4 is 9.83 Å². The first-order valence-electron chi connectivity index (χ1n) is 5.01. The Balaban J connectivity index is 2.08. The summed E-state index contributed by atoms with van der Waals surface area (Å²) in [6.45, 7) is 2.05. The van der Waals surface area contributed by atoms with E-state index in [4.69, 9.17) is 15.8 Å². The maximum absolute atomic E-state index is 6.22. The number of rotatable bonds is 3. The summed E-state index contributed by atoms with van der Waals surface area (Å²) in [5.41, 5.74) is 1.21. The van der Waals surface area contributed by atoms with Crippen molar-refractivity contribution in [2.75, 3.05) is 0 Å². The largest absolute Gasteiger partial charge is 0.453 e. The van der Waals surface area contributed by atoms with E-state index in [1.165, 1.54) is 5.56 Å². The monoisotopic (exact) mass is 250 g/mol. The van der Waals surface area contributed by atoms with Crippen LogP contribution in [0.25, 0.3) is 0 Å². The molecule has 2 aromatic rings. The van der Waals surface area contributed by atoms with E-state index >= 15 is 0 Å². The standard InChI is InChI=1S/C13H12ClOP/c1-11-7-9-12(10-8-11)15-16(14)13-5-3-2-4-6-13/h2-10H,1H3. The molecule has 0 aliphatic heterocycles. The van der Waals surface area contributed by atoms with Crippen LogP contribution in [-0.2, 0) is 0 Å². The number of hydrogen-bond acceptors (Lipinski definition) is 1. The normalized spacial score (nSPS) is 12.1. The van der Waals surface area contributed by atoms with Crippen molar-refractivity contribution in [2.45, 2.75) is 6.92 Å². The summed E-state index contributed by atoms with van der Waals surface area (Å²) in [5, 5.41) is 1.03. The van der Waals surface area contributed by atoms with E-state index in [1.54, 1.807) is 0 Å². The molecule has 1 unspecified atom stereocenters. The first kappa shape index (κ1) is 11.4. The molecule has 82 valence electrons. The molecule has 0 bridgehead atoms. The summed E-state index contributed by atoms with van der Waals surface area (Å²) in [6, 6.07) is 17.8. The van der Waals surface area contributed by atoms with Crippen molar-refractivity contribution in [3.05, 3.63) is 60.2 Å². The van der Waals surface area contributed by atoms with Crippen LogP contribution in [0.15, 0.2) is 54.6 Å². The van der Waals surface area contributed by atoms with Crippen molar-refractivity contribution >= 4 is 24.0 Å². The van der Waals surface area contributed by atoms with E-state index in [0.717, 1.165) is 11.1 Å². The van der Waals surface area contributed by atoms with Crippen LogP contribution in [0.1, 0.15) is 5.56 Å². The second kappa shape index (κ2) is 5.34. The summed E-state index contributed by atoms with van der Waals surface area (Å²) in [6.07, 6.45) is 0. The fourth-order valence-corrected chi connectivity index (χ4v) is 2.69. The summed E-state index contributed by atoms with van der Waals surface area (Å²) in [4.78, 5) is 0. The maximum Gasteiger partial charge on any atom is 0.215 e. The lowest BCUT2D eigenvalue weighted by Gasteiger charge is -2.11. The summed E-state index contributed by atoms with van der Waals surface area (Å²) in [7, 11) is -1.09. The molecule has 0 saturated carbocycles. The van der Waals surface area contributed by atoms with Gasteiger partial charge in [0.1, 0.15) is 5.75 Å². The highest BCUT2D eigenvalue weighted by Crippen LogP contribution is 2.41. The molecule has 2 rings (SSSR count). The van der Waals surface area contributed by atoms with Gasteiger partial charge in [-0.2, -0.15) is 0 Å². The Morgan fingerprint density at radius 2 is 1.56 bits per heavy atom. The number of aryl methyl sites for hydroxylation is 1. The minimum Gasteiger partial charge on any atom is -0.453 e. The zero-order valence-corrected chi connectivity index (χ0v) is 10.6.